The smallest absolute Gasteiger partial charge is 0.227 e. The Morgan fingerprint density at radius 3 is 3.53 bits per heavy atom. The van der Waals surface area contributed by atoms with Crippen LogP contribution in [0.3, 0.4) is 0 Å². The zero-order valence-corrected chi connectivity index (χ0v) is 7.83. The van der Waals surface area contributed by atoms with Gasteiger partial charge < -0.3 is 19.9 Å². The van der Waals surface area contributed by atoms with Crippen molar-refractivity contribution in [3.05, 3.63) is 6.33 Å². The third-order valence-corrected chi connectivity index (χ3v) is 3.31. The monoisotopic (exact) mass is 210 g/mol. The highest BCUT2D eigenvalue weighted by Gasteiger charge is 2.57. The molecule has 0 unspecified atom stereocenters. The van der Waals surface area contributed by atoms with Gasteiger partial charge in [0.25, 0.3) is 0 Å². The molecule has 2 saturated heterocycles. The van der Waals surface area contributed by atoms with E-state index in [1.54, 1.807) is 6.33 Å². The molecule has 3 aliphatic heterocycles. The summed E-state index contributed by atoms with van der Waals surface area (Å²) >= 11 is 0. The van der Waals surface area contributed by atoms with E-state index in [4.69, 9.17) is 9.47 Å². The Kier molecular flexibility index (Phi) is 1.24. The van der Waals surface area contributed by atoms with Crippen molar-refractivity contribution in [2.75, 3.05) is 11.9 Å². The summed E-state index contributed by atoms with van der Waals surface area (Å²) in [6.45, 7) is 0.511. The van der Waals surface area contributed by atoms with Crippen molar-refractivity contribution in [1.82, 2.24) is 14.8 Å². The minimum absolute atomic E-state index is 0.00729. The molecule has 0 aromatic carbocycles. The van der Waals surface area contributed by atoms with E-state index in [-0.39, 0.29) is 12.1 Å². The second kappa shape index (κ2) is 2.31. The highest BCUT2D eigenvalue weighted by atomic mass is 16.7. The summed E-state index contributed by atoms with van der Waals surface area (Å²) in [7, 11) is 0. The molecule has 7 heteroatoms. The number of ether oxygens (including phenoxy) is 2. The molecular weight excluding hydrogens is 200 g/mol. The molecule has 4 heterocycles. The predicted molar refractivity (Wildman–Crippen MR) is 46.9 cm³/mol. The van der Waals surface area contributed by atoms with Crippen molar-refractivity contribution >= 4 is 5.95 Å². The van der Waals surface area contributed by atoms with Crippen molar-refractivity contribution in [2.24, 2.45) is 0 Å². The average Bonchev–Trinajstić information content (AvgIpc) is 2.80. The van der Waals surface area contributed by atoms with Crippen LogP contribution >= 0.6 is 0 Å². The summed E-state index contributed by atoms with van der Waals surface area (Å²) < 4.78 is 12.9. The van der Waals surface area contributed by atoms with Crippen molar-refractivity contribution in [3.63, 3.8) is 0 Å². The molecule has 1 aromatic heterocycles. The lowest BCUT2D eigenvalue weighted by Gasteiger charge is -2.44. The fourth-order valence-electron chi connectivity index (χ4n) is 2.57. The molecule has 7 nitrogen and oxygen atoms in total. The molecule has 1 aromatic rings. The maximum absolute atomic E-state index is 10.3. The summed E-state index contributed by atoms with van der Waals surface area (Å²) in [5, 5.41) is 21.0. The van der Waals surface area contributed by atoms with Gasteiger partial charge in [0.15, 0.2) is 5.72 Å². The molecule has 0 radical (unpaired) electrons. The SMILES string of the molecule is O[C@@]12C[C@@H]([C@H]3CO[C@H]1O3)n1cnnc1N2. The van der Waals surface area contributed by atoms with E-state index < -0.39 is 12.0 Å². The van der Waals surface area contributed by atoms with Gasteiger partial charge in [-0.1, -0.05) is 0 Å². The quantitative estimate of drug-likeness (QED) is 0.576. The number of aliphatic hydroxyl groups is 1. The number of nitrogens with zero attached hydrogens (tertiary/aromatic N) is 3. The van der Waals surface area contributed by atoms with Crippen molar-refractivity contribution in [3.8, 4) is 0 Å². The maximum atomic E-state index is 10.3. The standard InChI is InChI=1S/C8H10N4O3/c13-8-1-4(5-2-14-6(8)15-5)12-3-9-11-7(12)10-8/h3-6,13H,1-2H2,(H,10,11)/t4-,5+,6-,8-/m0/s1. The molecule has 0 spiro atoms. The lowest BCUT2D eigenvalue weighted by Crippen LogP contribution is -2.58. The zero-order chi connectivity index (χ0) is 10.0. The fourth-order valence-corrected chi connectivity index (χ4v) is 2.57. The first-order valence-electron chi connectivity index (χ1n) is 4.93. The first-order chi connectivity index (χ1) is 7.26. The van der Waals surface area contributed by atoms with Gasteiger partial charge in [0.05, 0.1) is 12.6 Å². The van der Waals surface area contributed by atoms with E-state index in [1.165, 1.54) is 0 Å². The Morgan fingerprint density at radius 1 is 1.67 bits per heavy atom. The summed E-state index contributed by atoms with van der Waals surface area (Å²) in [6, 6.07) is 0.0556. The normalized spacial score (nSPS) is 46.1. The fraction of sp³-hybridized carbons (Fsp3) is 0.750. The Morgan fingerprint density at radius 2 is 2.60 bits per heavy atom. The van der Waals surface area contributed by atoms with Gasteiger partial charge in [0.1, 0.15) is 12.4 Å². The van der Waals surface area contributed by atoms with Crippen LogP contribution in [0.4, 0.5) is 5.95 Å². The third kappa shape index (κ3) is 0.858. The second-order valence-corrected chi connectivity index (χ2v) is 4.22. The van der Waals surface area contributed by atoms with Crippen LogP contribution in [-0.4, -0.2) is 44.6 Å². The lowest BCUT2D eigenvalue weighted by molar-refractivity contribution is -0.214. The molecule has 2 fully saturated rings. The van der Waals surface area contributed by atoms with Gasteiger partial charge in [-0.15, -0.1) is 10.2 Å². The number of hydrogen-bond acceptors (Lipinski definition) is 6. The summed E-state index contributed by atoms with van der Waals surface area (Å²) in [4.78, 5) is 0. The van der Waals surface area contributed by atoms with Crippen LogP contribution in [0.1, 0.15) is 12.5 Å². The molecule has 15 heavy (non-hydrogen) atoms. The highest BCUT2D eigenvalue weighted by molar-refractivity contribution is 5.33. The van der Waals surface area contributed by atoms with Gasteiger partial charge >= 0.3 is 0 Å². The van der Waals surface area contributed by atoms with Crippen LogP contribution in [-0.2, 0) is 9.47 Å². The first kappa shape index (κ1) is 8.03. The second-order valence-electron chi connectivity index (χ2n) is 4.22. The summed E-state index contributed by atoms with van der Waals surface area (Å²) in [5.41, 5.74) is -1.17. The van der Waals surface area contributed by atoms with Crippen molar-refractivity contribution < 1.29 is 14.6 Å². The minimum atomic E-state index is -1.17. The third-order valence-electron chi connectivity index (χ3n) is 3.31. The average molecular weight is 210 g/mol. The van der Waals surface area contributed by atoms with Gasteiger partial charge in [-0.2, -0.15) is 0 Å². The van der Waals surface area contributed by atoms with Crippen LogP contribution in [0.25, 0.3) is 0 Å². The van der Waals surface area contributed by atoms with Gasteiger partial charge in [0.2, 0.25) is 12.2 Å². The molecule has 0 amide bonds. The number of hydrogen-bond donors (Lipinski definition) is 2. The molecule has 4 atom stereocenters. The summed E-state index contributed by atoms with van der Waals surface area (Å²) in [5.74, 6) is 0.581. The van der Waals surface area contributed by atoms with Crippen LogP contribution in [0.5, 0.6) is 0 Å². The van der Waals surface area contributed by atoms with E-state index in [0.29, 0.717) is 19.0 Å². The molecule has 3 aliphatic rings. The largest absolute Gasteiger partial charge is 0.366 e. The zero-order valence-electron chi connectivity index (χ0n) is 7.83. The predicted octanol–water partition coefficient (Wildman–Crippen LogP) is -0.922. The topological polar surface area (TPSA) is 81.4 Å². The highest BCUT2D eigenvalue weighted by Crippen LogP contribution is 2.45. The molecular formula is C8H10N4O3. The van der Waals surface area contributed by atoms with Crippen molar-refractivity contribution in [1.29, 1.82) is 0 Å². The summed E-state index contributed by atoms with van der Waals surface area (Å²) in [6.07, 6.45) is 1.61. The number of nitrogens with one attached hydrogen (secondary N) is 1. The minimum Gasteiger partial charge on any atom is -0.366 e. The van der Waals surface area contributed by atoms with E-state index >= 15 is 0 Å². The Hall–Kier alpha value is -1.18. The number of aromatic nitrogens is 3. The molecule has 2 N–H and O–H groups in total. The molecule has 4 rings (SSSR count). The Bertz CT molecular complexity index is 422. The lowest BCUT2D eigenvalue weighted by atomic mass is 9.94. The first-order valence-corrected chi connectivity index (χ1v) is 4.93. The van der Waals surface area contributed by atoms with Crippen molar-refractivity contribution in [2.45, 2.75) is 30.6 Å². The van der Waals surface area contributed by atoms with Gasteiger partial charge in [0, 0.05) is 6.42 Å². The molecule has 80 valence electrons. The van der Waals surface area contributed by atoms with E-state index in [1.807, 2.05) is 4.57 Å². The van der Waals surface area contributed by atoms with E-state index in [2.05, 4.69) is 15.5 Å². The van der Waals surface area contributed by atoms with Crippen LogP contribution in [0.15, 0.2) is 6.33 Å². The Balaban J connectivity index is 1.89. The van der Waals surface area contributed by atoms with Crippen LogP contribution in [0.2, 0.25) is 0 Å². The van der Waals surface area contributed by atoms with E-state index in [0.717, 1.165) is 0 Å². The molecule has 4 bridgehead atoms. The van der Waals surface area contributed by atoms with Crippen LogP contribution < -0.4 is 5.32 Å². The van der Waals surface area contributed by atoms with Gasteiger partial charge in [-0.25, -0.2) is 0 Å². The number of fused-ring (bicyclic) bond motifs is 8. The maximum Gasteiger partial charge on any atom is 0.227 e. The molecule has 0 aliphatic carbocycles. The van der Waals surface area contributed by atoms with Gasteiger partial charge in [-0.3, -0.25) is 4.57 Å². The number of rotatable bonds is 0. The van der Waals surface area contributed by atoms with Gasteiger partial charge in [-0.05, 0) is 0 Å². The Labute approximate surface area is 85.0 Å². The van der Waals surface area contributed by atoms with E-state index in [9.17, 15) is 5.11 Å². The number of anilines is 1. The van der Waals surface area contributed by atoms with Crippen LogP contribution in [0, 0.1) is 0 Å². The molecule has 0 saturated carbocycles.